The van der Waals surface area contributed by atoms with Crippen molar-refractivity contribution in [2.75, 3.05) is 24.5 Å². The van der Waals surface area contributed by atoms with Gasteiger partial charge in [0.15, 0.2) is 0 Å². The van der Waals surface area contributed by atoms with Crippen molar-refractivity contribution in [1.29, 1.82) is 0 Å². The summed E-state index contributed by atoms with van der Waals surface area (Å²) >= 11 is 0. The number of nitrogens with zero attached hydrogens (tertiary/aromatic N) is 2. The Morgan fingerprint density at radius 2 is 1.82 bits per heavy atom. The number of benzene rings is 1. The number of piperazine rings is 1. The molecule has 0 unspecified atom stereocenters. The highest BCUT2D eigenvalue weighted by Crippen LogP contribution is 2.45. The Kier molecular flexibility index (Phi) is 3.54. The zero-order chi connectivity index (χ0) is 16.0. The minimum atomic E-state index is -0.471. The third-order valence-corrected chi connectivity index (χ3v) is 4.28. The Morgan fingerprint density at radius 1 is 1.18 bits per heavy atom. The number of amides is 1. The van der Waals surface area contributed by atoms with Gasteiger partial charge in [-0.25, -0.2) is 9.18 Å². The minimum Gasteiger partial charge on any atom is -0.444 e. The van der Waals surface area contributed by atoms with Crippen molar-refractivity contribution in [2.45, 2.75) is 44.8 Å². The van der Waals surface area contributed by atoms with Crippen LogP contribution < -0.4 is 4.90 Å². The van der Waals surface area contributed by atoms with Crippen LogP contribution in [0.2, 0.25) is 0 Å². The Bertz CT molecular complexity index is 561. The van der Waals surface area contributed by atoms with Crippen molar-refractivity contribution in [1.82, 2.24) is 4.90 Å². The summed E-state index contributed by atoms with van der Waals surface area (Å²) < 4.78 is 18.6. The predicted octanol–water partition coefficient (Wildman–Crippen LogP) is 3.42. The normalized spacial score (nSPS) is 20.2. The first-order chi connectivity index (χ1) is 10.3. The number of hydrogen-bond acceptors (Lipinski definition) is 3. The fourth-order valence-corrected chi connectivity index (χ4v) is 3.02. The Hall–Kier alpha value is -1.78. The molecule has 1 aliphatic carbocycles. The molecule has 120 valence electrons. The number of halogens is 1. The molecule has 1 heterocycles. The van der Waals surface area contributed by atoms with Crippen molar-refractivity contribution in [2.24, 2.45) is 0 Å². The molecule has 5 heteroatoms. The molecule has 1 saturated heterocycles. The lowest BCUT2D eigenvalue weighted by Gasteiger charge is -2.43. The molecule has 0 N–H and O–H groups in total. The smallest absolute Gasteiger partial charge is 0.410 e. The molecule has 22 heavy (non-hydrogen) atoms. The standard InChI is InChI=1S/C17H23FN2O2/c1-16(2,3)22-15(21)20-11-10-19(12-17(20)8-9-17)14-6-4-13(18)5-7-14/h4-7H,8-12H2,1-3H3. The zero-order valence-corrected chi connectivity index (χ0v) is 13.4. The summed E-state index contributed by atoms with van der Waals surface area (Å²) in [5.41, 5.74) is 0.437. The van der Waals surface area contributed by atoms with Crippen LogP contribution in [0.4, 0.5) is 14.9 Å². The average Bonchev–Trinajstić information content (AvgIpc) is 3.17. The van der Waals surface area contributed by atoms with E-state index in [2.05, 4.69) is 4.90 Å². The maximum atomic E-state index is 13.1. The van der Waals surface area contributed by atoms with Gasteiger partial charge in [-0.2, -0.15) is 0 Å². The Balaban J connectivity index is 1.70. The molecule has 2 aliphatic rings. The van der Waals surface area contributed by atoms with Gasteiger partial charge in [-0.1, -0.05) is 0 Å². The van der Waals surface area contributed by atoms with Crippen LogP contribution in [0.25, 0.3) is 0 Å². The summed E-state index contributed by atoms with van der Waals surface area (Å²) in [4.78, 5) is 16.5. The van der Waals surface area contributed by atoms with Gasteiger partial charge < -0.3 is 9.64 Å². The molecule has 3 rings (SSSR count). The van der Waals surface area contributed by atoms with Crippen LogP contribution in [-0.4, -0.2) is 41.8 Å². The third-order valence-electron chi connectivity index (χ3n) is 4.28. The Morgan fingerprint density at radius 3 is 2.36 bits per heavy atom. The van der Waals surface area contributed by atoms with E-state index in [9.17, 15) is 9.18 Å². The second kappa shape index (κ2) is 5.14. The van der Waals surface area contributed by atoms with Gasteiger partial charge in [-0.15, -0.1) is 0 Å². The molecule has 1 saturated carbocycles. The summed E-state index contributed by atoms with van der Waals surface area (Å²) in [6.07, 6.45) is 1.79. The van der Waals surface area contributed by atoms with Crippen LogP contribution in [0.5, 0.6) is 0 Å². The van der Waals surface area contributed by atoms with Gasteiger partial charge >= 0.3 is 6.09 Å². The second-order valence-electron chi connectivity index (χ2n) is 7.25. The van der Waals surface area contributed by atoms with Crippen LogP contribution in [-0.2, 0) is 4.74 Å². The van der Waals surface area contributed by atoms with E-state index >= 15 is 0 Å². The monoisotopic (exact) mass is 306 g/mol. The first kappa shape index (κ1) is 15.1. The van der Waals surface area contributed by atoms with Gasteiger partial charge in [0, 0.05) is 25.3 Å². The molecule has 4 nitrogen and oxygen atoms in total. The van der Waals surface area contributed by atoms with Gasteiger partial charge in [0.2, 0.25) is 0 Å². The molecule has 0 aromatic heterocycles. The lowest BCUT2D eigenvalue weighted by atomic mass is 10.1. The molecule has 2 fully saturated rings. The van der Waals surface area contributed by atoms with E-state index in [1.165, 1.54) is 12.1 Å². The second-order valence-corrected chi connectivity index (χ2v) is 7.25. The molecule has 1 aliphatic heterocycles. The SMILES string of the molecule is CC(C)(C)OC(=O)N1CCN(c2ccc(F)cc2)CC12CC2. The summed E-state index contributed by atoms with van der Waals surface area (Å²) in [6.45, 7) is 7.84. The van der Waals surface area contributed by atoms with Crippen LogP contribution >= 0.6 is 0 Å². The van der Waals surface area contributed by atoms with Crippen molar-refractivity contribution < 1.29 is 13.9 Å². The molecule has 0 bridgehead atoms. The molecule has 0 radical (unpaired) electrons. The van der Waals surface area contributed by atoms with E-state index in [0.717, 1.165) is 31.6 Å². The van der Waals surface area contributed by atoms with Crippen LogP contribution in [0.15, 0.2) is 24.3 Å². The van der Waals surface area contributed by atoms with Gasteiger partial charge in [0.25, 0.3) is 0 Å². The molecule has 1 aromatic rings. The van der Waals surface area contributed by atoms with Crippen molar-refractivity contribution in [3.63, 3.8) is 0 Å². The van der Waals surface area contributed by atoms with E-state index in [-0.39, 0.29) is 17.4 Å². The lowest BCUT2D eigenvalue weighted by molar-refractivity contribution is 0.0106. The maximum Gasteiger partial charge on any atom is 0.410 e. The number of rotatable bonds is 1. The van der Waals surface area contributed by atoms with E-state index in [0.29, 0.717) is 6.54 Å². The topological polar surface area (TPSA) is 32.8 Å². The fraction of sp³-hybridized carbons (Fsp3) is 0.588. The maximum absolute atomic E-state index is 13.1. The summed E-state index contributed by atoms with van der Waals surface area (Å²) in [7, 11) is 0. The van der Waals surface area contributed by atoms with Crippen LogP contribution in [0.3, 0.4) is 0 Å². The average molecular weight is 306 g/mol. The number of carbonyl (C=O) groups excluding carboxylic acids is 1. The zero-order valence-electron chi connectivity index (χ0n) is 13.4. The quantitative estimate of drug-likeness (QED) is 0.797. The van der Waals surface area contributed by atoms with E-state index in [1.807, 2.05) is 25.7 Å². The number of anilines is 1. The highest BCUT2D eigenvalue weighted by Gasteiger charge is 2.54. The summed E-state index contributed by atoms with van der Waals surface area (Å²) in [5, 5.41) is 0. The first-order valence-electron chi connectivity index (χ1n) is 7.80. The fourth-order valence-electron chi connectivity index (χ4n) is 3.02. The minimum absolute atomic E-state index is 0.102. The van der Waals surface area contributed by atoms with Gasteiger partial charge in [-0.3, -0.25) is 4.90 Å². The van der Waals surface area contributed by atoms with E-state index in [1.54, 1.807) is 12.1 Å². The summed E-state index contributed by atoms with van der Waals surface area (Å²) in [6, 6.07) is 6.56. The number of ether oxygens (including phenoxy) is 1. The summed E-state index contributed by atoms with van der Waals surface area (Å²) in [5.74, 6) is -0.225. The molecule has 0 atom stereocenters. The number of hydrogen-bond donors (Lipinski definition) is 0. The predicted molar refractivity (Wildman–Crippen MR) is 83.5 cm³/mol. The molecular weight excluding hydrogens is 283 g/mol. The molecule has 1 aromatic carbocycles. The highest BCUT2D eigenvalue weighted by atomic mass is 19.1. The van der Waals surface area contributed by atoms with Crippen LogP contribution in [0, 0.1) is 5.82 Å². The third kappa shape index (κ3) is 3.03. The molecule has 1 amide bonds. The lowest BCUT2D eigenvalue weighted by Crippen LogP contribution is -2.58. The first-order valence-corrected chi connectivity index (χ1v) is 7.80. The van der Waals surface area contributed by atoms with E-state index < -0.39 is 5.60 Å². The van der Waals surface area contributed by atoms with Crippen molar-refractivity contribution in [3.8, 4) is 0 Å². The molecule has 1 spiro atoms. The van der Waals surface area contributed by atoms with Gasteiger partial charge in [0.1, 0.15) is 11.4 Å². The van der Waals surface area contributed by atoms with E-state index in [4.69, 9.17) is 4.74 Å². The highest BCUT2D eigenvalue weighted by molar-refractivity contribution is 5.71. The van der Waals surface area contributed by atoms with Gasteiger partial charge in [0.05, 0.1) is 5.54 Å². The van der Waals surface area contributed by atoms with Crippen LogP contribution in [0.1, 0.15) is 33.6 Å². The van der Waals surface area contributed by atoms with Crippen molar-refractivity contribution in [3.05, 3.63) is 30.1 Å². The Labute approximate surface area is 130 Å². The van der Waals surface area contributed by atoms with Crippen molar-refractivity contribution >= 4 is 11.8 Å². The largest absolute Gasteiger partial charge is 0.444 e. The molecular formula is C17H23FN2O2. The number of carbonyl (C=O) groups is 1. The van der Waals surface area contributed by atoms with Gasteiger partial charge in [-0.05, 0) is 57.9 Å².